The molecule has 1 aliphatic rings. The smallest absolute Gasteiger partial charge is 0.222 e. The van der Waals surface area contributed by atoms with Crippen LogP contribution < -0.4 is 5.32 Å². The average molecular weight is 391 g/mol. The normalized spacial score (nSPS) is 14.6. The van der Waals surface area contributed by atoms with Gasteiger partial charge in [0.05, 0.1) is 5.69 Å². The summed E-state index contributed by atoms with van der Waals surface area (Å²) in [7, 11) is 1.92. The van der Waals surface area contributed by atoms with E-state index in [1.54, 1.807) is 0 Å². The summed E-state index contributed by atoms with van der Waals surface area (Å²) in [6, 6.07) is 12.3. The number of carbonyl (C=O) groups excluding carboxylic acids is 1. The number of piperidine rings is 1. The molecule has 1 aromatic heterocycles. The van der Waals surface area contributed by atoms with Crippen LogP contribution in [0.2, 0.25) is 0 Å². The zero-order valence-corrected chi connectivity index (χ0v) is 16.9. The minimum Gasteiger partial charge on any atom is -0.346 e. The highest BCUT2D eigenvalue weighted by Gasteiger charge is 2.16. The Morgan fingerprint density at radius 3 is 2.70 bits per heavy atom. The number of rotatable bonds is 8. The third-order valence-electron chi connectivity index (χ3n) is 5.29. The van der Waals surface area contributed by atoms with E-state index in [2.05, 4.69) is 33.7 Å². The molecule has 6 heteroatoms. The van der Waals surface area contributed by atoms with Crippen LogP contribution in [0.15, 0.2) is 36.4 Å². The first-order valence-corrected chi connectivity index (χ1v) is 9.77. The molecule has 2 heterocycles. The highest BCUT2D eigenvalue weighted by Crippen LogP contribution is 2.19. The molecule has 148 valence electrons. The van der Waals surface area contributed by atoms with E-state index in [1.807, 2.05) is 30.1 Å². The number of amides is 1. The molecule has 1 aliphatic heterocycles. The zero-order valence-electron chi connectivity index (χ0n) is 16.1. The second-order valence-electron chi connectivity index (χ2n) is 7.30. The summed E-state index contributed by atoms with van der Waals surface area (Å²) < 4.78 is 0. The fourth-order valence-corrected chi connectivity index (χ4v) is 3.57. The van der Waals surface area contributed by atoms with Gasteiger partial charge in [0.2, 0.25) is 5.91 Å². The fraction of sp³-hybridized carbons (Fsp3) is 0.524. The molecule has 0 aliphatic carbocycles. The SMILES string of the molecule is CN(CCCc1cc(-c2ccccc2)n[nH]1)C(=O)CCC1CCNCC1.Cl. The number of carbonyl (C=O) groups is 1. The summed E-state index contributed by atoms with van der Waals surface area (Å²) in [4.78, 5) is 14.2. The molecule has 2 N–H and O–H groups in total. The molecule has 2 aromatic rings. The zero-order chi connectivity index (χ0) is 18.2. The topological polar surface area (TPSA) is 61.0 Å². The summed E-state index contributed by atoms with van der Waals surface area (Å²) in [6.07, 6.45) is 5.99. The third kappa shape index (κ3) is 6.67. The Morgan fingerprint density at radius 2 is 1.96 bits per heavy atom. The van der Waals surface area contributed by atoms with Crippen LogP contribution in [-0.4, -0.2) is 47.7 Å². The van der Waals surface area contributed by atoms with E-state index in [0.717, 1.165) is 61.8 Å². The summed E-state index contributed by atoms with van der Waals surface area (Å²) in [5, 5.41) is 10.9. The predicted molar refractivity (Wildman–Crippen MR) is 112 cm³/mol. The number of hydrogen-bond donors (Lipinski definition) is 2. The predicted octanol–water partition coefficient (Wildman–Crippen LogP) is 3.67. The van der Waals surface area contributed by atoms with Gasteiger partial charge in [-0.3, -0.25) is 9.89 Å². The highest BCUT2D eigenvalue weighted by atomic mass is 35.5. The van der Waals surface area contributed by atoms with Crippen LogP contribution in [0.4, 0.5) is 0 Å². The van der Waals surface area contributed by atoms with Crippen LogP contribution >= 0.6 is 12.4 Å². The van der Waals surface area contributed by atoms with E-state index in [1.165, 1.54) is 12.8 Å². The van der Waals surface area contributed by atoms with Gasteiger partial charge in [-0.15, -0.1) is 12.4 Å². The van der Waals surface area contributed by atoms with E-state index >= 15 is 0 Å². The summed E-state index contributed by atoms with van der Waals surface area (Å²) in [5.74, 6) is 0.994. The number of halogens is 1. The van der Waals surface area contributed by atoms with Crippen LogP contribution in [0, 0.1) is 5.92 Å². The van der Waals surface area contributed by atoms with Crippen molar-refractivity contribution in [3.63, 3.8) is 0 Å². The Morgan fingerprint density at radius 1 is 1.22 bits per heavy atom. The Balaban J connectivity index is 0.00000261. The number of aromatic amines is 1. The second kappa shape index (κ2) is 11.1. The van der Waals surface area contributed by atoms with Gasteiger partial charge in [-0.2, -0.15) is 5.10 Å². The van der Waals surface area contributed by atoms with Crippen LogP contribution in [0.25, 0.3) is 11.3 Å². The highest BCUT2D eigenvalue weighted by molar-refractivity contribution is 5.85. The quantitative estimate of drug-likeness (QED) is 0.722. The molecule has 0 bridgehead atoms. The van der Waals surface area contributed by atoms with E-state index in [-0.39, 0.29) is 18.3 Å². The fourth-order valence-electron chi connectivity index (χ4n) is 3.57. The lowest BCUT2D eigenvalue weighted by atomic mass is 9.93. The van der Waals surface area contributed by atoms with Gasteiger partial charge >= 0.3 is 0 Å². The van der Waals surface area contributed by atoms with Gasteiger partial charge in [0.15, 0.2) is 0 Å². The van der Waals surface area contributed by atoms with Crippen molar-refractivity contribution in [2.45, 2.75) is 38.5 Å². The van der Waals surface area contributed by atoms with Crippen molar-refractivity contribution >= 4 is 18.3 Å². The molecule has 3 rings (SSSR count). The largest absolute Gasteiger partial charge is 0.346 e. The van der Waals surface area contributed by atoms with Crippen LogP contribution in [-0.2, 0) is 11.2 Å². The molecule has 0 radical (unpaired) electrons. The third-order valence-corrected chi connectivity index (χ3v) is 5.29. The standard InChI is InChI=1S/C21H30N4O.ClH/c1-25(21(26)10-9-17-11-13-22-14-12-17)15-5-8-19-16-20(24-23-19)18-6-3-2-4-7-18;/h2-4,6-7,16-17,22H,5,8-15H2,1H3,(H,23,24);1H. The van der Waals surface area contributed by atoms with E-state index < -0.39 is 0 Å². The maximum atomic E-state index is 12.3. The van der Waals surface area contributed by atoms with Crippen molar-refractivity contribution in [2.24, 2.45) is 5.92 Å². The first-order valence-electron chi connectivity index (χ1n) is 9.77. The number of benzene rings is 1. The number of H-pyrrole nitrogens is 1. The molecule has 0 unspecified atom stereocenters. The maximum absolute atomic E-state index is 12.3. The van der Waals surface area contributed by atoms with Crippen LogP contribution in [0.1, 0.15) is 37.8 Å². The summed E-state index contributed by atoms with van der Waals surface area (Å²) in [6.45, 7) is 3.00. The lowest BCUT2D eigenvalue weighted by Gasteiger charge is -2.23. The molecule has 0 atom stereocenters. The van der Waals surface area contributed by atoms with Crippen molar-refractivity contribution in [3.05, 3.63) is 42.1 Å². The van der Waals surface area contributed by atoms with Crippen molar-refractivity contribution in [1.82, 2.24) is 20.4 Å². The first-order chi connectivity index (χ1) is 12.7. The average Bonchev–Trinajstić information content (AvgIpc) is 3.16. The Labute approximate surface area is 168 Å². The summed E-state index contributed by atoms with van der Waals surface area (Å²) >= 11 is 0. The molecule has 0 spiro atoms. The van der Waals surface area contributed by atoms with Gasteiger partial charge in [-0.05, 0) is 57.2 Å². The molecule has 27 heavy (non-hydrogen) atoms. The number of nitrogens with zero attached hydrogens (tertiary/aromatic N) is 2. The van der Waals surface area contributed by atoms with Crippen molar-refractivity contribution in [3.8, 4) is 11.3 Å². The lowest BCUT2D eigenvalue weighted by Crippen LogP contribution is -2.31. The molecule has 1 amide bonds. The van der Waals surface area contributed by atoms with Crippen molar-refractivity contribution in [2.75, 3.05) is 26.7 Å². The monoisotopic (exact) mass is 390 g/mol. The number of nitrogens with one attached hydrogen (secondary N) is 2. The van der Waals surface area contributed by atoms with E-state index in [4.69, 9.17) is 0 Å². The van der Waals surface area contributed by atoms with Crippen LogP contribution in [0.5, 0.6) is 0 Å². The minimum atomic E-state index is 0. The van der Waals surface area contributed by atoms with E-state index in [9.17, 15) is 4.79 Å². The number of aromatic nitrogens is 2. The van der Waals surface area contributed by atoms with Crippen LogP contribution in [0.3, 0.4) is 0 Å². The maximum Gasteiger partial charge on any atom is 0.222 e. The Bertz CT molecular complexity index is 682. The molecule has 0 saturated carbocycles. The minimum absolute atomic E-state index is 0. The summed E-state index contributed by atoms with van der Waals surface area (Å²) in [5.41, 5.74) is 3.23. The van der Waals surface area contributed by atoms with Gasteiger partial charge in [0.25, 0.3) is 0 Å². The molecule has 1 aromatic carbocycles. The van der Waals surface area contributed by atoms with Gasteiger partial charge in [0, 0.05) is 31.3 Å². The van der Waals surface area contributed by atoms with Gasteiger partial charge in [-0.1, -0.05) is 30.3 Å². The van der Waals surface area contributed by atoms with E-state index in [0.29, 0.717) is 6.42 Å². The van der Waals surface area contributed by atoms with Gasteiger partial charge in [0.1, 0.15) is 0 Å². The molecule has 1 fully saturated rings. The van der Waals surface area contributed by atoms with Crippen molar-refractivity contribution < 1.29 is 4.79 Å². The number of aryl methyl sites for hydroxylation is 1. The first kappa shape index (κ1) is 21.5. The lowest BCUT2D eigenvalue weighted by molar-refractivity contribution is -0.130. The molecular formula is C21H31ClN4O. The Hall–Kier alpha value is -1.85. The van der Waals surface area contributed by atoms with Gasteiger partial charge in [-0.25, -0.2) is 0 Å². The second-order valence-corrected chi connectivity index (χ2v) is 7.30. The molecule has 5 nitrogen and oxygen atoms in total. The molecular weight excluding hydrogens is 360 g/mol. The molecule has 1 saturated heterocycles. The van der Waals surface area contributed by atoms with Gasteiger partial charge < -0.3 is 10.2 Å². The Kier molecular flexibility index (Phi) is 8.82. The van der Waals surface area contributed by atoms with Crippen molar-refractivity contribution in [1.29, 1.82) is 0 Å². The number of hydrogen-bond acceptors (Lipinski definition) is 3.